The maximum absolute atomic E-state index is 12.6. The number of benzene rings is 1. The number of carboxylic acids is 2. The summed E-state index contributed by atoms with van der Waals surface area (Å²) in [5.41, 5.74) is 0.615. The molecule has 0 aliphatic rings. The van der Waals surface area contributed by atoms with E-state index in [1.54, 1.807) is 12.1 Å². The number of ether oxygens (including phenoxy) is 1. The zero-order valence-electron chi connectivity index (χ0n) is 17.9. The molecule has 0 saturated carbocycles. The van der Waals surface area contributed by atoms with Gasteiger partial charge < -0.3 is 25.6 Å². The van der Waals surface area contributed by atoms with E-state index in [9.17, 15) is 19.2 Å². The second-order valence-electron chi connectivity index (χ2n) is 7.07. The van der Waals surface area contributed by atoms with Crippen LogP contribution in [0.25, 0.3) is 0 Å². The molecule has 1 aromatic carbocycles. The molecular weight excluding hydrogens is 424 g/mol. The largest absolute Gasteiger partial charge is 0.481 e. The zero-order valence-corrected chi connectivity index (χ0v) is 17.9. The molecular formula is C21H30N2O9. The molecule has 1 aromatic rings. The maximum Gasteiger partial charge on any atom is 0.347 e. The number of unbranched alkanes of at least 4 members (excludes halogenated alkanes) is 2. The summed E-state index contributed by atoms with van der Waals surface area (Å²) in [7, 11) is 0. The molecule has 178 valence electrons. The van der Waals surface area contributed by atoms with Crippen molar-refractivity contribution in [1.82, 2.24) is 10.6 Å². The van der Waals surface area contributed by atoms with Crippen LogP contribution in [0, 0.1) is 5.92 Å². The zero-order chi connectivity index (χ0) is 23.9. The van der Waals surface area contributed by atoms with Crippen LogP contribution in [-0.4, -0.2) is 65.0 Å². The summed E-state index contributed by atoms with van der Waals surface area (Å²) < 4.78 is 5.22. The van der Waals surface area contributed by atoms with E-state index in [4.69, 9.17) is 20.2 Å². The number of hydrogen-bond donors (Lipinski definition) is 5. The average Bonchev–Trinajstić information content (AvgIpc) is 2.75. The van der Waals surface area contributed by atoms with E-state index in [0.717, 1.165) is 19.3 Å². The third kappa shape index (κ3) is 10.2. The van der Waals surface area contributed by atoms with Crippen LogP contribution in [0.1, 0.15) is 38.2 Å². The van der Waals surface area contributed by atoms with Crippen molar-refractivity contribution >= 4 is 23.8 Å². The van der Waals surface area contributed by atoms with Gasteiger partial charge in [0.05, 0.1) is 6.42 Å². The van der Waals surface area contributed by atoms with E-state index in [1.807, 2.05) is 6.92 Å². The maximum atomic E-state index is 12.6. The summed E-state index contributed by atoms with van der Waals surface area (Å²) in [4.78, 5) is 50.7. The van der Waals surface area contributed by atoms with Gasteiger partial charge in [0.1, 0.15) is 18.3 Å². The van der Waals surface area contributed by atoms with Crippen molar-refractivity contribution in [2.75, 3.05) is 19.7 Å². The standard InChI is InChI=1S/C21H30N2O9/c1-2-3-4-10-22-19(26)16(20(27)23-11-9-18(24)25)12-14-5-7-15(8-6-14)32-17(13-31-30)21(28)29/h5-8,16-17,30H,2-4,9-13H2,1H3,(H,22,26)(H,23,27)(H,24,25)(H,28,29). The van der Waals surface area contributed by atoms with Crippen molar-refractivity contribution in [3.63, 3.8) is 0 Å². The third-order valence-corrected chi connectivity index (χ3v) is 4.49. The van der Waals surface area contributed by atoms with Crippen LogP contribution in [0.3, 0.4) is 0 Å². The van der Waals surface area contributed by atoms with Gasteiger partial charge in [-0.1, -0.05) is 31.9 Å². The van der Waals surface area contributed by atoms with E-state index in [-0.39, 0.29) is 25.1 Å². The lowest BCUT2D eigenvalue weighted by atomic mass is 9.97. The van der Waals surface area contributed by atoms with Crippen LogP contribution < -0.4 is 15.4 Å². The molecule has 0 aliphatic carbocycles. The molecule has 0 aromatic heterocycles. The molecule has 0 bridgehead atoms. The molecule has 0 radical (unpaired) electrons. The first kappa shape index (κ1) is 26.9. The van der Waals surface area contributed by atoms with Crippen molar-refractivity contribution in [2.45, 2.75) is 45.1 Å². The van der Waals surface area contributed by atoms with E-state index < -0.39 is 42.4 Å². The Hall–Kier alpha value is -3.18. The third-order valence-electron chi connectivity index (χ3n) is 4.49. The molecule has 2 unspecified atom stereocenters. The molecule has 0 fully saturated rings. The van der Waals surface area contributed by atoms with Crippen LogP contribution in [0.15, 0.2) is 24.3 Å². The molecule has 0 heterocycles. The molecule has 0 saturated heterocycles. The normalized spacial score (nSPS) is 12.4. The predicted octanol–water partition coefficient (Wildman–Crippen LogP) is 1.06. The van der Waals surface area contributed by atoms with Crippen LogP contribution in [0.4, 0.5) is 0 Å². The average molecular weight is 454 g/mol. The van der Waals surface area contributed by atoms with Gasteiger partial charge in [0.25, 0.3) is 0 Å². The van der Waals surface area contributed by atoms with Crippen LogP contribution in [0.5, 0.6) is 5.75 Å². The number of carbonyl (C=O) groups is 4. The first-order valence-electron chi connectivity index (χ1n) is 10.3. The number of hydrogen-bond acceptors (Lipinski definition) is 7. The fourth-order valence-corrected chi connectivity index (χ4v) is 2.76. The lowest BCUT2D eigenvalue weighted by molar-refractivity contribution is -0.254. The summed E-state index contributed by atoms with van der Waals surface area (Å²) in [6.07, 6.45) is 1.09. The van der Waals surface area contributed by atoms with Gasteiger partial charge in [0.15, 0.2) is 0 Å². The van der Waals surface area contributed by atoms with Gasteiger partial charge in [-0.25, -0.2) is 9.68 Å². The van der Waals surface area contributed by atoms with Gasteiger partial charge in [0, 0.05) is 13.1 Å². The topological polar surface area (TPSA) is 171 Å². The Morgan fingerprint density at radius 2 is 1.59 bits per heavy atom. The van der Waals surface area contributed by atoms with E-state index in [0.29, 0.717) is 12.1 Å². The number of aliphatic carboxylic acids is 2. The van der Waals surface area contributed by atoms with Crippen molar-refractivity contribution in [3.05, 3.63) is 29.8 Å². The molecule has 2 atom stereocenters. The molecule has 32 heavy (non-hydrogen) atoms. The summed E-state index contributed by atoms with van der Waals surface area (Å²) in [6.45, 7) is 1.81. The Morgan fingerprint density at radius 1 is 0.969 bits per heavy atom. The van der Waals surface area contributed by atoms with Crippen LogP contribution in [-0.2, 0) is 30.5 Å². The van der Waals surface area contributed by atoms with Crippen LogP contribution in [0.2, 0.25) is 0 Å². The highest BCUT2D eigenvalue weighted by Gasteiger charge is 2.27. The quantitative estimate of drug-likeness (QED) is 0.106. The summed E-state index contributed by atoms with van der Waals surface area (Å²) >= 11 is 0. The number of carbonyl (C=O) groups excluding carboxylic acids is 2. The summed E-state index contributed by atoms with van der Waals surface area (Å²) in [5, 5.41) is 31.4. The van der Waals surface area contributed by atoms with Crippen molar-refractivity contribution < 1.29 is 44.3 Å². The number of rotatable bonds is 16. The minimum Gasteiger partial charge on any atom is -0.481 e. The minimum atomic E-state index is -1.41. The lowest BCUT2D eigenvalue weighted by Gasteiger charge is -2.17. The Kier molecular flexibility index (Phi) is 12.4. The van der Waals surface area contributed by atoms with E-state index in [1.165, 1.54) is 12.1 Å². The second-order valence-corrected chi connectivity index (χ2v) is 7.07. The molecule has 2 amide bonds. The van der Waals surface area contributed by atoms with E-state index >= 15 is 0 Å². The Bertz CT molecular complexity index is 752. The number of nitrogens with one attached hydrogen (secondary N) is 2. The molecule has 11 nitrogen and oxygen atoms in total. The van der Waals surface area contributed by atoms with Gasteiger partial charge >= 0.3 is 11.9 Å². The summed E-state index contributed by atoms with van der Waals surface area (Å²) in [6, 6.07) is 6.11. The molecule has 1 rings (SSSR count). The molecule has 0 spiro atoms. The van der Waals surface area contributed by atoms with Crippen molar-refractivity contribution in [2.24, 2.45) is 5.92 Å². The highest BCUT2D eigenvalue weighted by atomic mass is 17.1. The van der Waals surface area contributed by atoms with Gasteiger partial charge in [-0.2, -0.15) is 0 Å². The van der Waals surface area contributed by atoms with Crippen molar-refractivity contribution in [3.8, 4) is 5.75 Å². The molecule has 11 heteroatoms. The minimum absolute atomic E-state index is 0.0565. The fraction of sp³-hybridized carbons (Fsp3) is 0.524. The Labute approximate surface area is 185 Å². The smallest absolute Gasteiger partial charge is 0.347 e. The first-order chi connectivity index (χ1) is 15.3. The van der Waals surface area contributed by atoms with Gasteiger partial charge in [-0.05, 0) is 30.5 Å². The molecule has 5 N–H and O–H groups in total. The highest BCUT2D eigenvalue weighted by Crippen LogP contribution is 2.17. The van der Waals surface area contributed by atoms with Gasteiger partial charge in [-0.15, -0.1) is 0 Å². The van der Waals surface area contributed by atoms with Crippen molar-refractivity contribution in [1.29, 1.82) is 0 Å². The SMILES string of the molecule is CCCCCNC(=O)C(Cc1ccc(OC(COO)C(=O)O)cc1)C(=O)NCCC(=O)O. The van der Waals surface area contributed by atoms with Gasteiger partial charge in [-0.3, -0.25) is 19.6 Å². The monoisotopic (exact) mass is 454 g/mol. The number of amides is 2. The number of carboxylic acid groups (broad SMARTS) is 2. The lowest BCUT2D eigenvalue weighted by Crippen LogP contribution is -2.43. The predicted molar refractivity (Wildman–Crippen MR) is 112 cm³/mol. The first-order valence-corrected chi connectivity index (χ1v) is 10.3. The van der Waals surface area contributed by atoms with Crippen LogP contribution >= 0.6 is 0 Å². The highest BCUT2D eigenvalue weighted by molar-refractivity contribution is 6.00. The second kappa shape index (κ2) is 14.8. The van der Waals surface area contributed by atoms with Gasteiger partial charge in [0.2, 0.25) is 17.9 Å². The molecule has 0 aliphatic heterocycles. The fourth-order valence-electron chi connectivity index (χ4n) is 2.76. The Morgan fingerprint density at radius 3 is 2.12 bits per heavy atom. The van der Waals surface area contributed by atoms with E-state index in [2.05, 4.69) is 15.5 Å². The summed E-state index contributed by atoms with van der Waals surface area (Å²) in [5.74, 6) is -4.28. The Balaban J connectivity index is 2.83.